The number of nitrogens with one attached hydrogen (secondary N) is 1. The highest BCUT2D eigenvalue weighted by Gasteiger charge is 2.28. The highest BCUT2D eigenvalue weighted by atomic mass is 16.5. The molecule has 1 aromatic carbocycles. The molecule has 1 fully saturated rings. The van der Waals surface area contributed by atoms with Crippen molar-refractivity contribution in [3.63, 3.8) is 0 Å². The minimum absolute atomic E-state index is 0.476. The van der Waals surface area contributed by atoms with E-state index in [1.165, 1.54) is 25.1 Å². The van der Waals surface area contributed by atoms with Crippen LogP contribution >= 0.6 is 0 Å². The van der Waals surface area contributed by atoms with Gasteiger partial charge in [0.05, 0.1) is 0 Å². The van der Waals surface area contributed by atoms with Gasteiger partial charge in [0.25, 0.3) is 0 Å². The molecule has 0 aliphatic carbocycles. The van der Waals surface area contributed by atoms with Crippen LogP contribution in [-0.4, -0.2) is 38.2 Å². The highest BCUT2D eigenvalue weighted by molar-refractivity contribution is 5.33. The lowest BCUT2D eigenvalue weighted by Gasteiger charge is -2.20. The molecule has 0 radical (unpaired) electrons. The number of rotatable bonds is 6. The minimum atomic E-state index is 0.476. The molecule has 1 aliphatic rings. The molecule has 0 aromatic heterocycles. The van der Waals surface area contributed by atoms with Gasteiger partial charge in [0, 0.05) is 25.2 Å². The molecule has 1 aromatic rings. The van der Waals surface area contributed by atoms with Crippen LogP contribution < -0.4 is 10.1 Å². The summed E-state index contributed by atoms with van der Waals surface area (Å²) in [6, 6.07) is 8.27. The second-order valence-electron chi connectivity index (χ2n) is 6.18. The minimum Gasteiger partial charge on any atom is -0.492 e. The summed E-state index contributed by atoms with van der Waals surface area (Å²) in [6.45, 7) is 9.73. The van der Waals surface area contributed by atoms with E-state index in [1.54, 1.807) is 0 Å². The van der Waals surface area contributed by atoms with Crippen molar-refractivity contribution in [2.24, 2.45) is 5.41 Å². The number of para-hydroxylation sites is 1. The molecule has 1 aliphatic heterocycles. The van der Waals surface area contributed by atoms with Crippen LogP contribution in [0.3, 0.4) is 0 Å². The third-order valence-corrected chi connectivity index (χ3v) is 3.76. The van der Waals surface area contributed by atoms with Crippen molar-refractivity contribution >= 4 is 0 Å². The number of hydrogen-bond acceptors (Lipinski definition) is 3. The standard InChI is InChI=1S/C16H26N2O/c1-16(2)8-9-18(13-16)10-11-19-15-7-5-4-6-14(15)12-17-3/h4-7,17H,8-13H2,1-3H3. The fourth-order valence-corrected chi connectivity index (χ4v) is 2.68. The Hall–Kier alpha value is -1.06. The highest BCUT2D eigenvalue weighted by Crippen LogP contribution is 2.28. The Morgan fingerprint density at radius 2 is 2.11 bits per heavy atom. The molecule has 3 nitrogen and oxygen atoms in total. The van der Waals surface area contributed by atoms with E-state index in [1.807, 2.05) is 13.1 Å². The first-order chi connectivity index (χ1) is 9.11. The van der Waals surface area contributed by atoms with Crippen molar-refractivity contribution in [2.45, 2.75) is 26.8 Å². The van der Waals surface area contributed by atoms with Gasteiger partial charge < -0.3 is 10.1 Å². The van der Waals surface area contributed by atoms with Crippen LogP contribution in [0.25, 0.3) is 0 Å². The smallest absolute Gasteiger partial charge is 0.123 e. The molecule has 1 N–H and O–H groups in total. The molecule has 1 saturated heterocycles. The number of benzene rings is 1. The van der Waals surface area contributed by atoms with Gasteiger partial charge in [0.1, 0.15) is 12.4 Å². The van der Waals surface area contributed by atoms with Gasteiger partial charge >= 0.3 is 0 Å². The summed E-state index contributed by atoms with van der Waals surface area (Å²) in [5.41, 5.74) is 1.70. The van der Waals surface area contributed by atoms with E-state index in [0.717, 1.165) is 25.4 Å². The first-order valence-corrected chi connectivity index (χ1v) is 7.18. The quantitative estimate of drug-likeness (QED) is 0.852. The Labute approximate surface area is 116 Å². The Morgan fingerprint density at radius 1 is 1.32 bits per heavy atom. The van der Waals surface area contributed by atoms with Crippen molar-refractivity contribution in [1.29, 1.82) is 0 Å². The maximum atomic E-state index is 5.94. The van der Waals surface area contributed by atoms with Crippen molar-refractivity contribution in [1.82, 2.24) is 10.2 Å². The van der Waals surface area contributed by atoms with Crippen LogP contribution in [-0.2, 0) is 6.54 Å². The summed E-state index contributed by atoms with van der Waals surface area (Å²) < 4.78 is 5.94. The SMILES string of the molecule is CNCc1ccccc1OCCN1CCC(C)(C)C1. The summed E-state index contributed by atoms with van der Waals surface area (Å²) in [4.78, 5) is 2.50. The summed E-state index contributed by atoms with van der Waals surface area (Å²) in [5.74, 6) is 1.01. The summed E-state index contributed by atoms with van der Waals surface area (Å²) in [6.07, 6.45) is 1.29. The van der Waals surface area contributed by atoms with E-state index < -0.39 is 0 Å². The molecule has 0 unspecified atom stereocenters. The first kappa shape index (κ1) is 14.4. The number of hydrogen-bond donors (Lipinski definition) is 1. The van der Waals surface area contributed by atoms with Gasteiger partial charge in [-0.05, 0) is 31.5 Å². The van der Waals surface area contributed by atoms with Crippen molar-refractivity contribution < 1.29 is 4.74 Å². The molecule has 2 rings (SSSR count). The van der Waals surface area contributed by atoms with Gasteiger partial charge in [0.15, 0.2) is 0 Å². The number of nitrogens with zero attached hydrogens (tertiary/aromatic N) is 1. The van der Waals surface area contributed by atoms with Gasteiger partial charge in [-0.3, -0.25) is 4.90 Å². The van der Waals surface area contributed by atoms with E-state index in [9.17, 15) is 0 Å². The lowest BCUT2D eigenvalue weighted by Crippen LogP contribution is -2.28. The fourth-order valence-electron chi connectivity index (χ4n) is 2.68. The van der Waals surface area contributed by atoms with Gasteiger partial charge in [-0.1, -0.05) is 32.0 Å². The van der Waals surface area contributed by atoms with E-state index >= 15 is 0 Å². The average Bonchev–Trinajstić information content (AvgIpc) is 2.71. The lowest BCUT2D eigenvalue weighted by molar-refractivity contribution is 0.221. The van der Waals surface area contributed by atoms with E-state index in [-0.39, 0.29) is 0 Å². The summed E-state index contributed by atoms with van der Waals surface area (Å²) in [5, 5.41) is 3.18. The normalized spacial score (nSPS) is 18.7. The Kier molecular flexibility index (Phi) is 4.83. The Morgan fingerprint density at radius 3 is 2.79 bits per heavy atom. The zero-order valence-corrected chi connectivity index (χ0v) is 12.4. The largest absolute Gasteiger partial charge is 0.492 e. The molecule has 0 atom stereocenters. The van der Waals surface area contributed by atoms with Crippen LogP contribution in [0, 0.1) is 5.41 Å². The monoisotopic (exact) mass is 262 g/mol. The molecule has 0 saturated carbocycles. The van der Waals surface area contributed by atoms with Crippen LogP contribution in [0.2, 0.25) is 0 Å². The van der Waals surface area contributed by atoms with E-state index in [2.05, 4.69) is 42.3 Å². The van der Waals surface area contributed by atoms with E-state index in [4.69, 9.17) is 4.74 Å². The number of likely N-dealkylation sites (tertiary alicyclic amines) is 1. The molecule has 19 heavy (non-hydrogen) atoms. The predicted molar refractivity (Wildman–Crippen MR) is 79.5 cm³/mol. The van der Waals surface area contributed by atoms with Gasteiger partial charge in [-0.25, -0.2) is 0 Å². The Balaban J connectivity index is 1.80. The van der Waals surface area contributed by atoms with Gasteiger partial charge in [-0.2, -0.15) is 0 Å². The number of ether oxygens (including phenoxy) is 1. The zero-order chi connectivity index (χ0) is 13.7. The average molecular weight is 262 g/mol. The van der Waals surface area contributed by atoms with Crippen LogP contribution in [0.5, 0.6) is 5.75 Å². The fraction of sp³-hybridized carbons (Fsp3) is 0.625. The van der Waals surface area contributed by atoms with Gasteiger partial charge in [0.2, 0.25) is 0 Å². The topological polar surface area (TPSA) is 24.5 Å². The van der Waals surface area contributed by atoms with E-state index in [0.29, 0.717) is 5.41 Å². The summed E-state index contributed by atoms with van der Waals surface area (Å²) >= 11 is 0. The lowest BCUT2D eigenvalue weighted by atomic mass is 9.93. The zero-order valence-electron chi connectivity index (χ0n) is 12.4. The predicted octanol–water partition coefficient (Wildman–Crippen LogP) is 2.52. The van der Waals surface area contributed by atoms with Crippen LogP contribution in [0.4, 0.5) is 0 Å². The molecular weight excluding hydrogens is 236 g/mol. The first-order valence-electron chi connectivity index (χ1n) is 7.18. The molecule has 0 bridgehead atoms. The van der Waals surface area contributed by atoms with Crippen molar-refractivity contribution in [3.8, 4) is 5.75 Å². The third kappa shape index (κ3) is 4.22. The maximum absolute atomic E-state index is 5.94. The molecule has 0 amide bonds. The molecule has 106 valence electrons. The Bertz CT molecular complexity index is 403. The maximum Gasteiger partial charge on any atom is 0.123 e. The van der Waals surface area contributed by atoms with Crippen molar-refractivity contribution in [3.05, 3.63) is 29.8 Å². The summed E-state index contributed by atoms with van der Waals surface area (Å²) in [7, 11) is 1.96. The van der Waals surface area contributed by atoms with Crippen LogP contribution in [0.15, 0.2) is 24.3 Å². The van der Waals surface area contributed by atoms with Crippen molar-refractivity contribution in [2.75, 3.05) is 33.3 Å². The molecular formula is C16H26N2O. The van der Waals surface area contributed by atoms with Gasteiger partial charge in [-0.15, -0.1) is 0 Å². The second kappa shape index (κ2) is 6.40. The molecule has 3 heteroatoms. The molecule has 0 spiro atoms. The van der Waals surface area contributed by atoms with Crippen LogP contribution in [0.1, 0.15) is 25.8 Å². The second-order valence-corrected chi connectivity index (χ2v) is 6.18. The third-order valence-electron chi connectivity index (χ3n) is 3.76. The molecule has 1 heterocycles.